The van der Waals surface area contributed by atoms with Crippen LogP contribution in [0, 0.1) is 23.7 Å². The Kier molecular flexibility index (Phi) is 9.76. The SMILES string of the molecule is C=CCCOC(=O)[C@H]1[C@H]2C(=O)N([C@@H](CO)C(C)C)C(C(=O)N(CC=C)c3ccc(N(CC)CC)cc3)C23CC(C)[C@]1(C)O3. The van der Waals surface area contributed by atoms with E-state index in [1.807, 2.05) is 52.0 Å². The molecule has 9 nitrogen and oxygen atoms in total. The highest BCUT2D eigenvalue weighted by Crippen LogP contribution is 2.66. The minimum absolute atomic E-state index is 0.114. The summed E-state index contributed by atoms with van der Waals surface area (Å²) in [7, 11) is 0. The Bertz CT molecular complexity index is 1210. The number of fused-ring (bicyclic) bond motifs is 1. The molecule has 0 aromatic heterocycles. The van der Waals surface area contributed by atoms with Crippen LogP contribution in [0.1, 0.15) is 54.4 Å². The fraction of sp³-hybridized carbons (Fsp3) is 0.618. The Morgan fingerprint density at radius 2 is 1.79 bits per heavy atom. The lowest BCUT2D eigenvalue weighted by atomic mass is 9.62. The molecule has 0 saturated carbocycles. The summed E-state index contributed by atoms with van der Waals surface area (Å²) in [5, 5.41) is 10.5. The molecule has 1 N–H and O–H groups in total. The summed E-state index contributed by atoms with van der Waals surface area (Å²) in [6.45, 7) is 21.3. The fourth-order valence-electron chi connectivity index (χ4n) is 7.66. The molecule has 1 aromatic rings. The second-order valence-electron chi connectivity index (χ2n) is 12.6. The van der Waals surface area contributed by atoms with Gasteiger partial charge >= 0.3 is 5.97 Å². The number of rotatable bonds is 14. The van der Waals surface area contributed by atoms with Crippen LogP contribution in [-0.2, 0) is 23.9 Å². The molecule has 3 fully saturated rings. The van der Waals surface area contributed by atoms with E-state index in [1.165, 1.54) is 4.90 Å². The van der Waals surface area contributed by atoms with Crippen molar-refractivity contribution >= 4 is 29.2 Å². The molecule has 3 saturated heterocycles. The van der Waals surface area contributed by atoms with E-state index in [-0.39, 0.29) is 43.4 Å². The zero-order chi connectivity index (χ0) is 31.7. The first kappa shape index (κ1) is 32.7. The van der Waals surface area contributed by atoms with Gasteiger partial charge in [-0.1, -0.05) is 32.9 Å². The Labute approximate surface area is 256 Å². The number of hydrogen-bond donors (Lipinski definition) is 1. The smallest absolute Gasteiger partial charge is 0.312 e. The highest BCUT2D eigenvalue weighted by Gasteiger charge is 2.81. The third-order valence-electron chi connectivity index (χ3n) is 9.99. The zero-order valence-corrected chi connectivity index (χ0v) is 26.6. The summed E-state index contributed by atoms with van der Waals surface area (Å²) < 4.78 is 12.5. The number of ether oxygens (including phenoxy) is 2. The van der Waals surface area contributed by atoms with E-state index >= 15 is 0 Å². The predicted molar refractivity (Wildman–Crippen MR) is 168 cm³/mol. The number of aliphatic hydroxyl groups is 1. The maximum Gasteiger partial charge on any atom is 0.312 e. The van der Waals surface area contributed by atoms with Crippen LogP contribution in [0.4, 0.5) is 11.4 Å². The average Bonchev–Trinajstić information content (AvgIpc) is 3.49. The second-order valence-corrected chi connectivity index (χ2v) is 12.6. The number of amides is 2. The molecule has 4 rings (SSSR count). The number of aliphatic hydroxyl groups excluding tert-OH is 1. The third-order valence-corrected chi connectivity index (χ3v) is 9.99. The number of carbonyl (C=O) groups is 3. The van der Waals surface area contributed by atoms with Crippen LogP contribution < -0.4 is 9.80 Å². The molecule has 7 atom stereocenters. The van der Waals surface area contributed by atoms with Gasteiger partial charge in [-0.15, -0.1) is 13.2 Å². The van der Waals surface area contributed by atoms with Crippen molar-refractivity contribution in [1.82, 2.24) is 4.90 Å². The van der Waals surface area contributed by atoms with Crippen LogP contribution in [0.3, 0.4) is 0 Å². The molecular weight excluding hydrogens is 546 g/mol. The van der Waals surface area contributed by atoms with Gasteiger partial charge in [0.1, 0.15) is 17.6 Å². The molecule has 3 unspecified atom stereocenters. The standard InChI is InChI=1S/C34H49N3O6/c1-9-13-19-42-32(41)28-27-30(39)37(26(21-38)22(5)6)29(34(27)20-23(7)33(28,8)43-34)31(40)36(18-10-2)25-16-14-24(15-17-25)35(11-3)12-4/h9-10,14-17,22-23,26-29,38H,1-2,11-13,18-21H2,3-8H3/t23?,26-,27-,28+,29?,33-,34?/m0/s1. The molecule has 43 heavy (non-hydrogen) atoms. The van der Waals surface area contributed by atoms with Crippen LogP contribution in [0.5, 0.6) is 0 Å². The number of esters is 1. The lowest BCUT2D eigenvalue weighted by Gasteiger charge is -2.40. The first-order valence-electron chi connectivity index (χ1n) is 15.6. The van der Waals surface area contributed by atoms with Crippen LogP contribution in [0.25, 0.3) is 0 Å². The molecule has 1 aromatic carbocycles. The van der Waals surface area contributed by atoms with Crippen molar-refractivity contribution in [2.45, 2.75) is 77.7 Å². The molecule has 0 radical (unpaired) electrons. The average molecular weight is 596 g/mol. The molecule has 9 heteroatoms. The summed E-state index contributed by atoms with van der Waals surface area (Å²) in [6.07, 6.45) is 4.26. The number of carbonyl (C=O) groups excluding carboxylic acids is 3. The summed E-state index contributed by atoms with van der Waals surface area (Å²) >= 11 is 0. The van der Waals surface area contributed by atoms with Crippen LogP contribution in [-0.4, -0.2) is 83.9 Å². The van der Waals surface area contributed by atoms with Crippen LogP contribution in [0.15, 0.2) is 49.6 Å². The van der Waals surface area contributed by atoms with Crippen molar-refractivity contribution in [3.05, 3.63) is 49.6 Å². The highest BCUT2D eigenvalue weighted by molar-refractivity contribution is 6.05. The fourth-order valence-corrected chi connectivity index (χ4v) is 7.66. The Morgan fingerprint density at radius 3 is 2.33 bits per heavy atom. The van der Waals surface area contributed by atoms with Crippen molar-refractivity contribution in [3.8, 4) is 0 Å². The van der Waals surface area contributed by atoms with Gasteiger partial charge in [0.2, 0.25) is 5.91 Å². The van der Waals surface area contributed by atoms with Gasteiger partial charge in [0.25, 0.3) is 5.91 Å². The van der Waals surface area contributed by atoms with E-state index in [0.717, 1.165) is 18.8 Å². The van der Waals surface area contributed by atoms with Gasteiger partial charge in [-0.3, -0.25) is 14.4 Å². The van der Waals surface area contributed by atoms with E-state index < -0.39 is 41.1 Å². The molecule has 3 aliphatic heterocycles. The number of nitrogens with zero attached hydrogens (tertiary/aromatic N) is 3. The van der Waals surface area contributed by atoms with Crippen molar-refractivity contribution < 1.29 is 29.0 Å². The Morgan fingerprint density at radius 1 is 1.16 bits per heavy atom. The summed E-state index contributed by atoms with van der Waals surface area (Å²) in [6, 6.07) is 6.13. The first-order chi connectivity index (χ1) is 20.5. The molecule has 0 aliphatic carbocycles. The summed E-state index contributed by atoms with van der Waals surface area (Å²) in [5.41, 5.74) is -0.496. The highest BCUT2D eigenvalue weighted by atomic mass is 16.6. The van der Waals surface area contributed by atoms with Crippen molar-refractivity contribution in [2.24, 2.45) is 23.7 Å². The predicted octanol–water partition coefficient (Wildman–Crippen LogP) is 4.20. The van der Waals surface area contributed by atoms with Crippen molar-refractivity contribution in [2.75, 3.05) is 42.6 Å². The zero-order valence-electron chi connectivity index (χ0n) is 26.6. The monoisotopic (exact) mass is 595 g/mol. The maximum absolute atomic E-state index is 14.9. The van der Waals surface area contributed by atoms with Crippen LogP contribution >= 0.6 is 0 Å². The molecule has 236 valence electrons. The number of likely N-dealkylation sites (tertiary alicyclic amines) is 1. The second kappa shape index (κ2) is 12.8. The van der Waals surface area contributed by atoms with Gasteiger partial charge in [0, 0.05) is 31.0 Å². The summed E-state index contributed by atoms with van der Waals surface area (Å²) in [4.78, 5) is 48.4. The summed E-state index contributed by atoms with van der Waals surface area (Å²) in [5.74, 6) is -3.20. The van der Waals surface area contributed by atoms with E-state index in [0.29, 0.717) is 18.5 Å². The van der Waals surface area contributed by atoms with Gasteiger partial charge in [-0.2, -0.15) is 0 Å². The number of anilines is 2. The topological polar surface area (TPSA) is 99.6 Å². The lowest BCUT2D eigenvalue weighted by Crippen LogP contribution is -2.60. The molecule has 2 amide bonds. The van der Waals surface area contributed by atoms with E-state index in [4.69, 9.17) is 9.47 Å². The van der Waals surface area contributed by atoms with E-state index in [1.54, 1.807) is 17.1 Å². The van der Waals surface area contributed by atoms with Crippen molar-refractivity contribution in [1.29, 1.82) is 0 Å². The minimum atomic E-state index is -1.24. The van der Waals surface area contributed by atoms with E-state index in [9.17, 15) is 19.5 Å². The Balaban J connectivity index is 1.82. The van der Waals surface area contributed by atoms with Gasteiger partial charge in [0.15, 0.2) is 0 Å². The number of benzene rings is 1. The molecule has 2 bridgehead atoms. The lowest BCUT2D eigenvalue weighted by molar-refractivity contribution is -0.162. The molecule has 3 aliphatic rings. The van der Waals surface area contributed by atoms with Gasteiger partial charge in [-0.25, -0.2) is 0 Å². The first-order valence-corrected chi connectivity index (χ1v) is 15.6. The largest absolute Gasteiger partial charge is 0.465 e. The van der Waals surface area contributed by atoms with Gasteiger partial charge in [-0.05, 0) is 69.7 Å². The maximum atomic E-state index is 14.9. The molecule has 1 spiro atoms. The van der Waals surface area contributed by atoms with Gasteiger partial charge < -0.3 is 29.3 Å². The van der Waals surface area contributed by atoms with Crippen molar-refractivity contribution in [3.63, 3.8) is 0 Å². The quantitative estimate of drug-likeness (QED) is 0.196. The normalized spacial score (nSPS) is 29.9. The Hall–Kier alpha value is -3.17. The van der Waals surface area contributed by atoms with E-state index in [2.05, 4.69) is 31.9 Å². The van der Waals surface area contributed by atoms with Crippen LogP contribution in [0.2, 0.25) is 0 Å². The van der Waals surface area contributed by atoms with Gasteiger partial charge in [0.05, 0.1) is 30.8 Å². The molecular formula is C34H49N3O6. The molecule has 3 heterocycles. The third kappa shape index (κ3) is 5.29. The number of hydrogen-bond acceptors (Lipinski definition) is 7. The minimum Gasteiger partial charge on any atom is -0.465 e.